The van der Waals surface area contributed by atoms with Crippen molar-refractivity contribution in [2.45, 2.75) is 0 Å². The van der Waals surface area contributed by atoms with Gasteiger partial charge in [0, 0.05) is 11.6 Å². The number of hydrogen-bond donors (Lipinski definition) is 2. The second-order valence-corrected chi connectivity index (χ2v) is 5.80. The lowest BCUT2D eigenvalue weighted by Crippen LogP contribution is -2.40. The molecule has 2 aromatic rings. The van der Waals surface area contributed by atoms with E-state index >= 15 is 0 Å². The minimum atomic E-state index is -0.547. The summed E-state index contributed by atoms with van der Waals surface area (Å²) in [6.07, 6.45) is 2.87. The summed E-state index contributed by atoms with van der Waals surface area (Å²) in [6, 6.07) is 8.25. The molecular weight excluding hydrogens is 380 g/mol. The van der Waals surface area contributed by atoms with Gasteiger partial charge in [0.25, 0.3) is 11.8 Å². The summed E-state index contributed by atoms with van der Waals surface area (Å²) in [4.78, 5) is 24.3. The first-order chi connectivity index (χ1) is 14.0. The molecule has 29 heavy (non-hydrogen) atoms. The molecule has 2 N–H and O–H groups in total. The van der Waals surface area contributed by atoms with Crippen LogP contribution in [-0.4, -0.2) is 39.9 Å². The standard InChI is InChI=1S/C20H20N2O7/c1-25-16-9-13(10-17(26-2)19(16)27-3)20(24)22-21-18(23)7-5-12-4-6-14-15(8-12)29-11-28-14/h4-10H,11H2,1-3H3,(H,21,23)(H,22,24). The lowest BCUT2D eigenvalue weighted by Gasteiger charge is -2.14. The summed E-state index contributed by atoms with van der Waals surface area (Å²) in [6.45, 7) is 0.177. The van der Waals surface area contributed by atoms with Crippen molar-refractivity contribution in [3.05, 3.63) is 47.5 Å². The Morgan fingerprint density at radius 1 is 0.931 bits per heavy atom. The van der Waals surface area contributed by atoms with E-state index in [1.165, 1.54) is 39.5 Å². The van der Waals surface area contributed by atoms with E-state index in [0.717, 1.165) is 5.56 Å². The summed E-state index contributed by atoms with van der Waals surface area (Å²) in [5, 5.41) is 0. The van der Waals surface area contributed by atoms with Gasteiger partial charge in [-0.15, -0.1) is 0 Å². The first kappa shape index (κ1) is 19.9. The molecule has 0 unspecified atom stereocenters. The molecule has 9 nitrogen and oxygen atoms in total. The number of methoxy groups -OCH3 is 3. The lowest BCUT2D eigenvalue weighted by atomic mass is 10.1. The Hall–Kier alpha value is -3.88. The van der Waals surface area contributed by atoms with Crippen LogP contribution in [0.2, 0.25) is 0 Å². The van der Waals surface area contributed by atoms with Gasteiger partial charge < -0.3 is 23.7 Å². The number of amides is 2. The average molecular weight is 400 g/mol. The highest BCUT2D eigenvalue weighted by Gasteiger charge is 2.17. The maximum atomic E-state index is 12.4. The molecule has 0 aliphatic carbocycles. The third-order valence-corrected chi connectivity index (χ3v) is 4.05. The van der Waals surface area contributed by atoms with E-state index in [0.29, 0.717) is 28.7 Å². The molecule has 0 bridgehead atoms. The number of nitrogens with one attached hydrogen (secondary N) is 2. The Balaban J connectivity index is 1.62. The molecule has 0 saturated carbocycles. The van der Waals surface area contributed by atoms with E-state index in [4.69, 9.17) is 23.7 Å². The van der Waals surface area contributed by atoms with Crippen molar-refractivity contribution in [1.82, 2.24) is 10.9 Å². The molecule has 0 spiro atoms. The SMILES string of the molecule is COc1cc(C(=O)NNC(=O)C=Cc2ccc3c(c2)OCO3)cc(OC)c1OC. The van der Waals surface area contributed by atoms with E-state index in [-0.39, 0.29) is 12.4 Å². The number of carbonyl (C=O) groups is 2. The minimum absolute atomic E-state index is 0.177. The molecule has 2 aromatic carbocycles. The van der Waals surface area contributed by atoms with Crippen molar-refractivity contribution >= 4 is 17.9 Å². The highest BCUT2D eigenvalue weighted by molar-refractivity contribution is 5.98. The second-order valence-electron chi connectivity index (χ2n) is 5.80. The van der Waals surface area contributed by atoms with E-state index in [9.17, 15) is 9.59 Å². The molecule has 0 aromatic heterocycles. The maximum absolute atomic E-state index is 12.4. The predicted molar refractivity (Wildman–Crippen MR) is 103 cm³/mol. The summed E-state index contributed by atoms with van der Waals surface area (Å²) < 4.78 is 26.2. The monoisotopic (exact) mass is 400 g/mol. The minimum Gasteiger partial charge on any atom is -0.493 e. The third-order valence-electron chi connectivity index (χ3n) is 4.05. The van der Waals surface area contributed by atoms with Gasteiger partial charge in [-0.25, -0.2) is 0 Å². The molecule has 3 rings (SSSR count). The third kappa shape index (κ3) is 4.52. The van der Waals surface area contributed by atoms with Crippen molar-refractivity contribution in [1.29, 1.82) is 0 Å². The number of fused-ring (bicyclic) bond motifs is 1. The first-order valence-electron chi connectivity index (χ1n) is 8.53. The zero-order chi connectivity index (χ0) is 20.8. The normalized spacial score (nSPS) is 11.8. The van der Waals surface area contributed by atoms with E-state index in [2.05, 4.69) is 10.9 Å². The summed E-state index contributed by atoms with van der Waals surface area (Å²) in [5.74, 6) is 1.23. The van der Waals surface area contributed by atoms with Crippen LogP contribution in [0.1, 0.15) is 15.9 Å². The van der Waals surface area contributed by atoms with Crippen molar-refractivity contribution in [2.24, 2.45) is 0 Å². The van der Waals surface area contributed by atoms with Crippen LogP contribution in [-0.2, 0) is 4.79 Å². The number of ether oxygens (including phenoxy) is 5. The van der Waals surface area contributed by atoms with E-state index in [1.807, 2.05) is 0 Å². The summed E-state index contributed by atoms with van der Waals surface area (Å²) in [5.41, 5.74) is 5.62. The van der Waals surface area contributed by atoms with Gasteiger partial charge in [0.05, 0.1) is 21.3 Å². The maximum Gasteiger partial charge on any atom is 0.269 e. The van der Waals surface area contributed by atoms with E-state index in [1.54, 1.807) is 24.3 Å². The smallest absolute Gasteiger partial charge is 0.269 e. The molecule has 0 fully saturated rings. The second kappa shape index (κ2) is 8.87. The van der Waals surface area contributed by atoms with Gasteiger partial charge in [-0.1, -0.05) is 6.07 Å². The molecule has 0 radical (unpaired) electrons. The van der Waals surface area contributed by atoms with Gasteiger partial charge in [0.1, 0.15) is 0 Å². The van der Waals surface area contributed by atoms with Gasteiger partial charge in [-0.2, -0.15) is 0 Å². The van der Waals surface area contributed by atoms with Crippen LogP contribution in [0.25, 0.3) is 6.08 Å². The Bertz CT molecular complexity index is 931. The van der Waals surface area contributed by atoms with Crippen molar-refractivity contribution in [3.63, 3.8) is 0 Å². The Labute approximate surface area is 167 Å². The molecule has 2 amide bonds. The highest BCUT2D eigenvalue weighted by Crippen LogP contribution is 2.38. The molecule has 0 atom stereocenters. The van der Waals surface area contributed by atoms with Gasteiger partial charge in [-0.05, 0) is 35.9 Å². The van der Waals surface area contributed by atoms with Crippen LogP contribution in [0, 0.1) is 0 Å². The quantitative estimate of drug-likeness (QED) is 0.564. The Morgan fingerprint density at radius 2 is 1.62 bits per heavy atom. The average Bonchev–Trinajstić information content (AvgIpc) is 3.22. The van der Waals surface area contributed by atoms with Crippen LogP contribution in [0.5, 0.6) is 28.7 Å². The van der Waals surface area contributed by atoms with Gasteiger partial charge in [0.2, 0.25) is 12.5 Å². The molecule has 1 heterocycles. The van der Waals surface area contributed by atoms with Crippen LogP contribution >= 0.6 is 0 Å². The number of carbonyl (C=O) groups excluding carboxylic acids is 2. The van der Waals surface area contributed by atoms with Crippen molar-refractivity contribution < 1.29 is 33.3 Å². The van der Waals surface area contributed by atoms with Gasteiger partial charge >= 0.3 is 0 Å². The summed E-state index contributed by atoms with van der Waals surface area (Å²) in [7, 11) is 4.36. The fraction of sp³-hybridized carbons (Fsp3) is 0.200. The van der Waals surface area contributed by atoms with Gasteiger partial charge in [0.15, 0.2) is 23.0 Å². The number of rotatable bonds is 6. The topological polar surface area (TPSA) is 104 Å². The highest BCUT2D eigenvalue weighted by atomic mass is 16.7. The molecule has 9 heteroatoms. The fourth-order valence-corrected chi connectivity index (χ4v) is 2.63. The fourth-order valence-electron chi connectivity index (χ4n) is 2.63. The van der Waals surface area contributed by atoms with Gasteiger partial charge in [-0.3, -0.25) is 20.4 Å². The number of hydrogen-bond acceptors (Lipinski definition) is 7. The Morgan fingerprint density at radius 3 is 2.28 bits per heavy atom. The van der Waals surface area contributed by atoms with Crippen LogP contribution in [0.4, 0.5) is 0 Å². The molecular formula is C20H20N2O7. The Kier molecular flexibility index (Phi) is 6.08. The number of hydrazine groups is 1. The number of benzene rings is 2. The predicted octanol–water partition coefficient (Wildman–Crippen LogP) is 1.92. The zero-order valence-electron chi connectivity index (χ0n) is 16.1. The van der Waals surface area contributed by atoms with Crippen molar-refractivity contribution in [2.75, 3.05) is 28.1 Å². The lowest BCUT2D eigenvalue weighted by molar-refractivity contribution is -0.117. The first-order valence-corrected chi connectivity index (χ1v) is 8.53. The molecule has 1 aliphatic rings. The van der Waals surface area contributed by atoms with E-state index < -0.39 is 11.8 Å². The summed E-state index contributed by atoms with van der Waals surface area (Å²) >= 11 is 0. The van der Waals surface area contributed by atoms with Crippen LogP contribution in [0.15, 0.2) is 36.4 Å². The largest absolute Gasteiger partial charge is 0.493 e. The molecule has 0 saturated heterocycles. The van der Waals surface area contributed by atoms with Crippen molar-refractivity contribution in [3.8, 4) is 28.7 Å². The molecule has 1 aliphatic heterocycles. The molecule has 152 valence electrons. The van der Waals surface area contributed by atoms with Crippen LogP contribution in [0.3, 0.4) is 0 Å². The zero-order valence-corrected chi connectivity index (χ0v) is 16.1. The van der Waals surface area contributed by atoms with Crippen LogP contribution < -0.4 is 34.5 Å².